The fraction of sp³-hybridized carbons (Fsp3) is 0.562. The molecule has 1 unspecified atom stereocenters. The molecule has 1 aliphatic heterocycles. The molecule has 2 rings (SSSR count). The second kappa shape index (κ2) is 5.85. The Bertz CT molecular complexity index is 470. The molecule has 19 heavy (non-hydrogen) atoms. The molecular formula is C16H24N2O. The molecule has 0 spiro atoms. The van der Waals surface area contributed by atoms with Gasteiger partial charge in [-0.1, -0.05) is 17.7 Å². The third-order valence-corrected chi connectivity index (χ3v) is 4.03. The molecule has 0 N–H and O–H groups in total. The van der Waals surface area contributed by atoms with Gasteiger partial charge in [0, 0.05) is 12.1 Å². The smallest absolute Gasteiger partial charge is 0.181 e. The molecule has 3 heteroatoms. The van der Waals surface area contributed by atoms with E-state index >= 15 is 0 Å². The van der Waals surface area contributed by atoms with Gasteiger partial charge in [-0.2, -0.15) is 0 Å². The Morgan fingerprint density at radius 2 is 1.95 bits per heavy atom. The minimum atomic E-state index is -0.0204. The van der Waals surface area contributed by atoms with E-state index in [4.69, 9.17) is 0 Å². The minimum absolute atomic E-state index is 0.0204. The van der Waals surface area contributed by atoms with Crippen LogP contribution in [-0.2, 0) is 0 Å². The van der Waals surface area contributed by atoms with E-state index in [0.717, 1.165) is 42.7 Å². The third-order valence-electron chi connectivity index (χ3n) is 4.03. The van der Waals surface area contributed by atoms with Crippen LogP contribution < -0.4 is 0 Å². The number of hydrogen-bond donors (Lipinski definition) is 0. The summed E-state index contributed by atoms with van der Waals surface area (Å²) in [7, 11) is 4.16. The molecule has 1 saturated heterocycles. The maximum absolute atomic E-state index is 12.8. The van der Waals surface area contributed by atoms with Gasteiger partial charge in [-0.25, -0.2) is 0 Å². The van der Waals surface area contributed by atoms with Crippen molar-refractivity contribution in [1.82, 2.24) is 9.80 Å². The second-order valence-corrected chi connectivity index (χ2v) is 5.79. The van der Waals surface area contributed by atoms with Gasteiger partial charge in [0.25, 0.3) is 0 Å². The highest BCUT2D eigenvalue weighted by Crippen LogP contribution is 2.17. The zero-order chi connectivity index (χ0) is 14.0. The zero-order valence-electron chi connectivity index (χ0n) is 12.4. The summed E-state index contributed by atoms with van der Waals surface area (Å²) in [6.45, 7) is 6.95. The molecule has 0 aromatic heterocycles. The summed E-state index contributed by atoms with van der Waals surface area (Å²) >= 11 is 0. The standard InChI is InChI=1S/C16H24N2O/c1-12-6-7-13(2)14(10-12)16(19)15-11-17(3)8-5-9-18(15)4/h6-7,10,15H,5,8-9,11H2,1-4H3. The fourth-order valence-electron chi connectivity index (χ4n) is 2.74. The molecule has 0 bridgehead atoms. The van der Waals surface area contributed by atoms with Crippen LogP contribution >= 0.6 is 0 Å². The lowest BCUT2D eigenvalue weighted by molar-refractivity contribution is 0.0838. The SMILES string of the molecule is Cc1ccc(C)c(C(=O)C2CN(C)CCCN2C)c1. The topological polar surface area (TPSA) is 23.6 Å². The molecule has 1 heterocycles. The Morgan fingerprint density at radius 1 is 1.21 bits per heavy atom. The third kappa shape index (κ3) is 3.23. The highest BCUT2D eigenvalue weighted by molar-refractivity contribution is 6.01. The lowest BCUT2D eigenvalue weighted by Crippen LogP contribution is -2.43. The van der Waals surface area contributed by atoms with E-state index in [-0.39, 0.29) is 11.8 Å². The first kappa shape index (κ1) is 14.2. The van der Waals surface area contributed by atoms with Crippen molar-refractivity contribution in [2.75, 3.05) is 33.7 Å². The highest BCUT2D eigenvalue weighted by Gasteiger charge is 2.28. The van der Waals surface area contributed by atoms with E-state index in [1.54, 1.807) is 0 Å². The summed E-state index contributed by atoms with van der Waals surface area (Å²) in [5.74, 6) is 0.262. The Kier molecular flexibility index (Phi) is 4.38. The van der Waals surface area contributed by atoms with Gasteiger partial charge in [0.1, 0.15) is 0 Å². The van der Waals surface area contributed by atoms with Gasteiger partial charge in [0.05, 0.1) is 6.04 Å². The first-order valence-corrected chi connectivity index (χ1v) is 6.99. The Labute approximate surface area is 116 Å². The summed E-state index contributed by atoms with van der Waals surface area (Å²) in [6.07, 6.45) is 1.13. The number of rotatable bonds is 2. The quantitative estimate of drug-likeness (QED) is 0.761. The van der Waals surface area contributed by atoms with Crippen molar-refractivity contribution in [2.24, 2.45) is 0 Å². The largest absolute Gasteiger partial charge is 0.304 e. The maximum Gasteiger partial charge on any atom is 0.181 e. The molecule has 0 radical (unpaired) electrons. The molecular weight excluding hydrogens is 236 g/mol. The number of Topliss-reactive ketones (excluding diaryl/α,β-unsaturated/α-hetero) is 1. The average molecular weight is 260 g/mol. The van der Waals surface area contributed by atoms with Crippen LogP contribution in [0.5, 0.6) is 0 Å². The Balaban J connectivity index is 2.28. The Morgan fingerprint density at radius 3 is 2.68 bits per heavy atom. The molecule has 0 saturated carbocycles. The van der Waals surface area contributed by atoms with Crippen molar-refractivity contribution >= 4 is 5.78 Å². The van der Waals surface area contributed by atoms with Gasteiger partial charge in [-0.15, -0.1) is 0 Å². The molecule has 1 aliphatic rings. The van der Waals surface area contributed by atoms with Crippen molar-refractivity contribution < 1.29 is 4.79 Å². The molecule has 0 aliphatic carbocycles. The molecule has 104 valence electrons. The van der Waals surface area contributed by atoms with Crippen LogP contribution in [0.3, 0.4) is 0 Å². The molecule has 0 amide bonds. The summed E-state index contributed by atoms with van der Waals surface area (Å²) < 4.78 is 0. The number of ketones is 1. The lowest BCUT2D eigenvalue weighted by atomic mass is 9.97. The highest BCUT2D eigenvalue weighted by atomic mass is 16.1. The fourth-order valence-corrected chi connectivity index (χ4v) is 2.74. The van der Waals surface area contributed by atoms with Crippen LogP contribution in [-0.4, -0.2) is 55.4 Å². The number of carbonyl (C=O) groups excluding carboxylic acids is 1. The van der Waals surface area contributed by atoms with Gasteiger partial charge in [-0.05, 0) is 59.1 Å². The van der Waals surface area contributed by atoms with Crippen LogP contribution in [0.2, 0.25) is 0 Å². The summed E-state index contributed by atoms with van der Waals surface area (Å²) in [6, 6.07) is 6.11. The van der Waals surface area contributed by atoms with E-state index in [2.05, 4.69) is 30.0 Å². The Hall–Kier alpha value is -1.19. The van der Waals surface area contributed by atoms with Crippen LogP contribution in [0.15, 0.2) is 18.2 Å². The lowest BCUT2D eigenvalue weighted by Gasteiger charge is -2.26. The van der Waals surface area contributed by atoms with Crippen molar-refractivity contribution in [1.29, 1.82) is 0 Å². The molecule has 1 aromatic rings. The van der Waals surface area contributed by atoms with Gasteiger partial charge in [0.2, 0.25) is 0 Å². The predicted octanol–water partition coefficient (Wildman–Crippen LogP) is 2.12. The molecule has 3 nitrogen and oxygen atoms in total. The van der Waals surface area contributed by atoms with E-state index < -0.39 is 0 Å². The van der Waals surface area contributed by atoms with Crippen LogP contribution in [0, 0.1) is 13.8 Å². The molecule has 1 atom stereocenters. The normalized spacial score (nSPS) is 22.2. The molecule has 1 aromatic carbocycles. The zero-order valence-corrected chi connectivity index (χ0v) is 12.4. The average Bonchev–Trinajstić information content (AvgIpc) is 2.53. The number of carbonyl (C=O) groups is 1. The van der Waals surface area contributed by atoms with Crippen molar-refractivity contribution in [3.05, 3.63) is 34.9 Å². The van der Waals surface area contributed by atoms with Crippen molar-refractivity contribution in [3.8, 4) is 0 Å². The first-order valence-electron chi connectivity index (χ1n) is 6.99. The van der Waals surface area contributed by atoms with Gasteiger partial charge < -0.3 is 4.90 Å². The van der Waals surface area contributed by atoms with E-state index in [9.17, 15) is 4.79 Å². The predicted molar refractivity (Wildman–Crippen MR) is 78.8 cm³/mol. The maximum atomic E-state index is 12.8. The minimum Gasteiger partial charge on any atom is -0.304 e. The van der Waals surface area contributed by atoms with Crippen molar-refractivity contribution in [2.45, 2.75) is 26.3 Å². The van der Waals surface area contributed by atoms with Gasteiger partial charge >= 0.3 is 0 Å². The van der Waals surface area contributed by atoms with Crippen LogP contribution in [0.4, 0.5) is 0 Å². The van der Waals surface area contributed by atoms with E-state index in [1.807, 2.05) is 26.0 Å². The first-order chi connectivity index (χ1) is 8.99. The van der Waals surface area contributed by atoms with Crippen LogP contribution in [0.1, 0.15) is 27.9 Å². The summed E-state index contributed by atoms with van der Waals surface area (Å²) in [5, 5.41) is 0. The van der Waals surface area contributed by atoms with E-state index in [1.165, 1.54) is 0 Å². The summed E-state index contributed by atoms with van der Waals surface area (Å²) in [5.41, 5.74) is 3.11. The monoisotopic (exact) mass is 260 g/mol. The van der Waals surface area contributed by atoms with Crippen LogP contribution in [0.25, 0.3) is 0 Å². The second-order valence-electron chi connectivity index (χ2n) is 5.79. The number of benzene rings is 1. The van der Waals surface area contributed by atoms with Gasteiger partial charge in [-0.3, -0.25) is 9.69 Å². The number of likely N-dealkylation sites (N-methyl/N-ethyl adjacent to an activating group) is 2. The number of aryl methyl sites for hydroxylation is 2. The molecule has 1 fully saturated rings. The summed E-state index contributed by atoms with van der Waals surface area (Å²) in [4.78, 5) is 17.3. The number of nitrogens with zero attached hydrogens (tertiary/aromatic N) is 2. The van der Waals surface area contributed by atoms with E-state index in [0.29, 0.717) is 0 Å². The van der Waals surface area contributed by atoms with Gasteiger partial charge in [0.15, 0.2) is 5.78 Å². The number of hydrogen-bond acceptors (Lipinski definition) is 3. The van der Waals surface area contributed by atoms with Crippen molar-refractivity contribution in [3.63, 3.8) is 0 Å².